The van der Waals surface area contributed by atoms with Crippen molar-refractivity contribution in [1.29, 1.82) is 0 Å². The van der Waals surface area contributed by atoms with Gasteiger partial charge in [-0.3, -0.25) is 10.1 Å². The highest BCUT2D eigenvalue weighted by molar-refractivity contribution is 7.89. The van der Waals surface area contributed by atoms with E-state index in [0.717, 1.165) is 5.56 Å². The van der Waals surface area contributed by atoms with Gasteiger partial charge in [0.2, 0.25) is 15.8 Å². The normalized spacial score (nSPS) is 11.4. The predicted molar refractivity (Wildman–Crippen MR) is 84.6 cm³/mol. The van der Waals surface area contributed by atoms with Crippen LogP contribution in [0.1, 0.15) is 11.3 Å². The van der Waals surface area contributed by atoms with Crippen LogP contribution >= 0.6 is 0 Å². The predicted octanol–water partition coefficient (Wildman–Crippen LogP) is 0.939. The van der Waals surface area contributed by atoms with Crippen molar-refractivity contribution in [1.82, 2.24) is 9.78 Å². The Hall–Kier alpha value is -2.46. The molecule has 0 unspecified atom stereocenters. The van der Waals surface area contributed by atoms with E-state index in [0.29, 0.717) is 24.5 Å². The molecule has 0 bridgehead atoms. The highest BCUT2D eigenvalue weighted by Crippen LogP contribution is 2.27. The van der Waals surface area contributed by atoms with Gasteiger partial charge in [0.15, 0.2) is 0 Å². The minimum atomic E-state index is -3.70. The zero-order chi connectivity index (χ0) is 17.2. The number of rotatable bonds is 6. The Kier molecular flexibility index (Phi) is 4.66. The number of nitro groups is 1. The monoisotopic (exact) mass is 339 g/mol. The van der Waals surface area contributed by atoms with Crippen molar-refractivity contribution >= 4 is 21.5 Å². The van der Waals surface area contributed by atoms with Gasteiger partial charge in [-0.2, -0.15) is 5.10 Å². The van der Waals surface area contributed by atoms with Gasteiger partial charge in [0.05, 0.1) is 9.82 Å². The number of nitrogens with zero attached hydrogens (tertiary/aromatic N) is 3. The number of benzene rings is 1. The summed E-state index contributed by atoms with van der Waals surface area (Å²) >= 11 is 0. The lowest BCUT2D eigenvalue weighted by atomic mass is 10.1. The highest BCUT2D eigenvalue weighted by Gasteiger charge is 2.23. The van der Waals surface area contributed by atoms with Gasteiger partial charge in [0.25, 0.3) is 0 Å². The Morgan fingerprint density at radius 3 is 2.48 bits per heavy atom. The lowest BCUT2D eigenvalue weighted by molar-refractivity contribution is -0.384. The lowest BCUT2D eigenvalue weighted by Crippen LogP contribution is -2.12. The fraction of sp³-hybridized carbons (Fsp3) is 0.308. The second-order valence-electron chi connectivity index (χ2n) is 5.03. The molecular formula is C13H17N5O4S. The standard InChI is InChI=1S/C13H17N5O4S/c1-9-12(18(19)20)13(17(2)16-9)15-8-7-10-3-5-11(6-4-10)23(14,21)22/h3-6,15H,7-8H2,1-2H3,(H2,14,21,22). The molecule has 0 atom stereocenters. The van der Waals surface area contributed by atoms with E-state index in [4.69, 9.17) is 5.14 Å². The first-order valence-corrected chi connectivity index (χ1v) is 8.28. The van der Waals surface area contributed by atoms with Gasteiger partial charge in [0, 0.05) is 13.6 Å². The molecule has 0 radical (unpaired) electrons. The molecule has 0 spiro atoms. The van der Waals surface area contributed by atoms with Crippen molar-refractivity contribution in [2.75, 3.05) is 11.9 Å². The maximum absolute atomic E-state index is 11.2. The Morgan fingerprint density at radius 1 is 1.35 bits per heavy atom. The number of nitrogens with two attached hydrogens (primary N) is 1. The van der Waals surface area contributed by atoms with Gasteiger partial charge >= 0.3 is 5.69 Å². The number of nitrogens with one attached hydrogen (secondary N) is 1. The topological polar surface area (TPSA) is 133 Å². The molecular weight excluding hydrogens is 322 g/mol. The first-order chi connectivity index (χ1) is 10.7. The SMILES string of the molecule is Cc1nn(C)c(NCCc2ccc(S(N)(=O)=O)cc2)c1[N+](=O)[O-]. The van der Waals surface area contributed by atoms with E-state index in [1.54, 1.807) is 26.1 Å². The molecule has 1 heterocycles. The van der Waals surface area contributed by atoms with Crippen LogP contribution < -0.4 is 10.5 Å². The molecule has 0 aliphatic rings. The second kappa shape index (κ2) is 6.34. The molecule has 124 valence electrons. The summed E-state index contributed by atoms with van der Waals surface area (Å²) in [5.41, 5.74) is 1.18. The van der Waals surface area contributed by atoms with E-state index in [9.17, 15) is 18.5 Å². The van der Waals surface area contributed by atoms with E-state index in [1.807, 2.05) is 0 Å². The minimum absolute atomic E-state index is 0.0444. The zero-order valence-corrected chi connectivity index (χ0v) is 13.5. The zero-order valence-electron chi connectivity index (χ0n) is 12.7. The van der Waals surface area contributed by atoms with Crippen molar-refractivity contribution in [2.45, 2.75) is 18.2 Å². The summed E-state index contributed by atoms with van der Waals surface area (Å²) in [6.07, 6.45) is 0.562. The van der Waals surface area contributed by atoms with Crippen LogP contribution in [0.4, 0.5) is 11.5 Å². The van der Waals surface area contributed by atoms with Gasteiger partial charge in [-0.05, 0) is 31.0 Å². The first kappa shape index (κ1) is 16.9. The van der Waals surface area contributed by atoms with Gasteiger partial charge in [0.1, 0.15) is 5.69 Å². The molecule has 9 nitrogen and oxygen atoms in total. The molecule has 1 aromatic heterocycles. The number of hydrogen-bond donors (Lipinski definition) is 2. The molecule has 1 aromatic carbocycles. The third-order valence-corrected chi connectivity index (χ3v) is 4.26. The summed E-state index contributed by atoms with van der Waals surface area (Å²) < 4.78 is 23.8. The molecule has 0 saturated heterocycles. The fourth-order valence-electron chi connectivity index (χ4n) is 2.23. The molecule has 0 aliphatic carbocycles. The lowest BCUT2D eigenvalue weighted by Gasteiger charge is -2.07. The van der Waals surface area contributed by atoms with Crippen LogP contribution in [0.15, 0.2) is 29.2 Å². The van der Waals surface area contributed by atoms with Crippen LogP contribution in [0.25, 0.3) is 0 Å². The molecule has 0 fully saturated rings. The summed E-state index contributed by atoms with van der Waals surface area (Å²) in [6, 6.07) is 6.18. The van der Waals surface area contributed by atoms with Crippen molar-refractivity contribution in [3.05, 3.63) is 45.6 Å². The number of primary sulfonamides is 1. The number of anilines is 1. The molecule has 23 heavy (non-hydrogen) atoms. The van der Waals surface area contributed by atoms with Crippen LogP contribution in [-0.4, -0.2) is 29.7 Å². The number of hydrogen-bond acceptors (Lipinski definition) is 6. The minimum Gasteiger partial charge on any atom is -0.364 e. The summed E-state index contributed by atoms with van der Waals surface area (Å²) in [5, 5.41) is 23.1. The van der Waals surface area contributed by atoms with Crippen LogP contribution in [-0.2, 0) is 23.5 Å². The van der Waals surface area contributed by atoms with E-state index < -0.39 is 14.9 Å². The summed E-state index contributed by atoms with van der Waals surface area (Å²) in [4.78, 5) is 10.6. The summed E-state index contributed by atoms with van der Waals surface area (Å²) in [5.74, 6) is 0.341. The van der Waals surface area contributed by atoms with Crippen molar-refractivity contribution in [3.63, 3.8) is 0 Å². The van der Waals surface area contributed by atoms with Crippen molar-refractivity contribution in [2.24, 2.45) is 12.2 Å². The first-order valence-electron chi connectivity index (χ1n) is 6.73. The Morgan fingerprint density at radius 2 is 1.96 bits per heavy atom. The maximum Gasteiger partial charge on any atom is 0.333 e. The summed E-state index contributed by atoms with van der Waals surface area (Å²) in [6.45, 7) is 2.02. The average Bonchev–Trinajstić information content (AvgIpc) is 2.73. The molecule has 10 heteroatoms. The largest absolute Gasteiger partial charge is 0.364 e. The van der Waals surface area contributed by atoms with Crippen LogP contribution in [0.5, 0.6) is 0 Å². The van der Waals surface area contributed by atoms with E-state index in [1.165, 1.54) is 16.8 Å². The summed E-state index contributed by atoms with van der Waals surface area (Å²) in [7, 11) is -2.08. The number of aromatic nitrogens is 2. The van der Waals surface area contributed by atoms with Gasteiger partial charge in [-0.1, -0.05) is 12.1 Å². The third kappa shape index (κ3) is 3.85. The molecule has 0 amide bonds. The Bertz CT molecular complexity index is 827. The van der Waals surface area contributed by atoms with Gasteiger partial charge in [-0.25, -0.2) is 18.2 Å². The van der Waals surface area contributed by atoms with Crippen LogP contribution in [0.2, 0.25) is 0 Å². The average molecular weight is 339 g/mol. The molecule has 0 saturated carbocycles. The molecule has 2 rings (SSSR count). The van der Waals surface area contributed by atoms with E-state index >= 15 is 0 Å². The van der Waals surface area contributed by atoms with E-state index in [2.05, 4.69) is 10.4 Å². The Balaban J connectivity index is 2.05. The van der Waals surface area contributed by atoms with Gasteiger partial charge in [-0.15, -0.1) is 0 Å². The number of aryl methyl sites for hydroxylation is 2. The maximum atomic E-state index is 11.2. The van der Waals surface area contributed by atoms with Crippen molar-refractivity contribution < 1.29 is 13.3 Å². The fourth-order valence-corrected chi connectivity index (χ4v) is 2.75. The highest BCUT2D eigenvalue weighted by atomic mass is 32.2. The van der Waals surface area contributed by atoms with Crippen LogP contribution in [0.3, 0.4) is 0 Å². The molecule has 2 aromatic rings. The third-order valence-electron chi connectivity index (χ3n) is 3.33. The Labute approximate surface area is 133 Å². The number of sulfonamides is 1. The van der Waals surface area contributed by atoms with E-state index in [-0.39, 0.29) is 10.6 Å². The quantitative estimate of drug-likeness (QED) is 0.594. The van der Waals surface area contributed by atoms with Gasteiger partial charge < -0.3 is 5.32 Å². The molecule has 3 N–H and O–H groups in total. The molecule has 0 aliphatic heterocycles. The second-order valence-corrected chi connectivity index (χ2v) is 6.59. The smallest absolute Gasteiger partial charge is 0.333 e. The van der Waals surface area contributed by atoms with Crippen LogP contribution in [0, 0.1) is 17.0 Å². The van der Waals surface area contributed by atoms with Crippen molar-refractivity contribution in [3.8, 4) is 0 Å².